The van der Waals surface area contributed by atoms with Crippen molar-refractivity contribution in [1.29, 1.82) is 0 Å². The van der Waals surface area contributed by atoms with Crippen LogP contribution in [0.1, 0.15) is 43.6 Å². The third kappa shape index (κ3) is 6.27. The molecule has 1 aromatic carbocycles. The highest BCUT2D eigenvalue weighted by atomic mass is 16.1. The minimum absolute atomic E-state index is 0.00402. The van der Waals surface area contributed by atoms with E-state index in [-0.39, 0.29) is 5.91 Å². The van der Waals surface area contributed by atoms with E-state index in [9.17, 15) is 4.79 Å². The predicted octanol–water partition coefficient (Wildman–Crippen LogP) is 2.26. The molecule has 0 atom stereocenters. The van der Waals surface area contributed by atoms with E-state index in [1.807, 2.05) is 24.3 Å². The lowest BCUT2D eigenvalue weighted by Crippen LogP contribution is -2.31. The zero-order valence-electron chi connectivity index (χ0n) is 13.8. The second-order valence-corrected chi connectivity index (χ2v) is 5.46. The Morgan fingerprint density at radius 3 is 2.33 bits per heavy atom. The average Bonchev–Trinajstić information content (AvgIpc) is 2.49. The highest BCUT2D eigenvalue weighted by Gasteiger charge is 2.09. The number of benzene rings is 1. The zero-order chi connectivity index (χ0) is 15.7. The summed E-state index contributed by atoms with van der Waals surface area (Å²) in [6, 6.07) is 8.44. The van der Waals surface area contributed by atoms with Crippen molar-refractivity contribution in [3.63, 3.8) is 0 Å². The van der Waals surface area contributed by atoms with E-state index in [1.54, 1.807) is 0 Å². The summed E-state index contributed by atoms with van der Waals surface area (Å²) in [4.78, 5) is 14.4. The molecule has 0 aromatic heterocycles. The lowest BCUT2D eigenvalue weighted by molar-refractivity contribution is 0.0954. The molecule has 0 radical (unpaired) electrons. The number of nitrogens with zero attached hydrogens (tertiary/aromatic N) is 1. The second kappa shape index (κ2) is 9.53. The number of hydrogen-bond acceptors (Lipinski definition) is 3. The molecule has 1 rings (SSSR count). The van der Waals surface area contributed by atoms with Crippen LogP contribution in [0.4, 0.5) is 0 Å². The van der Waals surface area contributed by atoms with Crippen LogP contribution in [0, 0.1) is 0 Å². The summed E-state index contributed by atoms with van der Waals surface area (Å²) in [5.41, 5.74) is 1.97. The number of nitrogens with one attached hydrogen (secondary N) is 2. The average molecular weight is 291 g/mol. The summed E-state index contributed by atoms with van der Waals surface area (Å²) < 4.78 is 0. The highest BCUT2D eigenvalue weighted by Crippen LogP contribution is 2.10. The second-order valence-electron chi connectivity index (χ2n) is 5.46. The van der Waals surface area contributed by atoms with E-state index < -0.39 is 0 Å². The Kier molecular flexibility index (Phi) is 8.01. The molecule has 0 aliphatic carbocycles. The van der Waals surface area contributed by atoms with Gasteiger partial charge in [-0.3, -0.25) is 9.69 Å². The molecule has 2 N–H and O–H groups in total. The maximum Gasteiger partial charge on any atom is 0.251 e. The molecule has 4 nitrogen and oxygen atoms in total. The van der Waals surface area contributed by atoms with Crippen molar-refractivity contribution >= 4 is 5.91 Å². The standard InChI is InChI=1S/C17H29N3O/c1-5-18-11-12-19-17(21)16-9-7-15(8-10-16)13-20(6-2)14(3)4/h7-10,14,18H,5-6,11-13H2,1-4H3,(H,19,21). The Labute approximate surface area is 128 Å². The van der Waals surface area contributed by atoms with E-state index in [0.717, 1.165) is 31.7 Å². The third-order valence-electron chi connectivity index (χ3n) is 3.58. The summed E-state index contributed by atoms with van der Waals surface area (Å²) in [5, 5.41) is 6.09. The van der Waals surface area contributed by atoms with Crippen LogP contribution >= 0.6 is 0 Å². The predicted molar refractivity (Wildman–Crippen MR) is 88.5 cm³/mol. The Morgan fingerprint density at radius 2 is 1.81 bits per heavy atom. The summed E-state index contributed by atoms with van der Waals surface area (Å²) in [6.07, 6.45) is 0. The lowest BCUT2D eigenvalue weighted by atomic mass is 10.1. The van der Waals surface area contributed by atoms with Crippen LogP contribution in [0.15, 0.2) is 24.3 Å². The molecule has 118 valence electrons. The molecule has 1 amide bonds. The van der Waals surface area contributed by atoms with E-state index in [0.29, 0.717) is 12.6 Å². The van der Waals surface area contributed by atoms with E-state index >= 15 is 0 Å². The van der Waals surface area contributed by atoms with Gasteiger partial charge in [-0.15, -0.1) is 0 Å². The van der Waals surface area contributed by atoms with Crippen LogP contribution in [-0.4, -0.2) is 43.0 Å². The number of likely N-dealkylation sites (N-methyl/N-ethyl adjacent to an activating group) is 1. The van der Waals surface area contributed by atoms with Crippen LogP contribution in [0.2, 0.25) is 0 Å². The van der Waals surface area contributed by atoms with Gasteiger partial charge < -0.3 is 10.6 Å². The topological polar surface area (TPSA) is 44.4 Å². The first-order valence-electron chi connectivity index (χ1n) is 7.90. The van der Waals surface area contributed by atoms with Gasteiger partial charge in [-0.05, 0) is 44.6 Å². The molecule has 1 aromatic rings. The van der Waals surface area contributed by atoms with Gasteiger partial charge in [-0.1, -0.05) is 26.0 Å². The minimum Gasteiger partial charge on any atom is -0.351 e. The number of hydrogen-bond donors (Lipinski definition) is 2. The molecule has 0 unspecified atom stereocenters. The molecule has 0 spiro atoms. The number of carbonyl (C=O) groups is 1. The van der Waals surface area contributed by atoms with Crippen molar-refractivity contribution in [3.05, 3.63) is 35.4 Å². The minimum atomic E-state index is -0.00402. The zero-order valence-corrected chi connectivity index (χ0v) is 13.8. The van der Waals surface area contributed by atoms with Crippen LogP contribution in [0.5, 0.6) is 0 Å². The monoisotopic (exact) mass is 291 g/mol. The maximum atomic E-state index is 12.0. The molecule has 21 heavy (non-hydrogen) atoms. The van der Waals surface area contributed by atoms with Gasteiger partial charge in [0.15, 0.2) is 0 Å². The van der Waals surface area contributed by atoms with Gasteiger partial charge in [0.2, 0.25) is 0 Å². The Hall–Kier alpha value is -1.39. The van der Waals surface area contributed by atoms with E-state index in [4.69, 9.17) is 0 Å². The molecule has 0 aliphatic heterocycles. The van der Waals surface area contributed by atoms with Crippen molar-refractivity contribution in [2.24, 2.45) is 0 Å². The Morgan fingerprint density at radius 1 is 1.14 bits per heavy atom. The van der Waals surface area contributed by atoms with Crippen LogP contribution in [0.3, 0.4) is 0 Å². The van der Waals surface area contributed by atoms with Gasteiger partial charge in [-0.2, -0.15) is 0 Å². The first-order valence-corrected chi connectivity index (χ1v) is 7.90. The quantitative estimate of drug-likeness (QED) is 0.686. The number of amides is 1. The number of carbonyl (C=O) groups excluding carboxylic acids is 1. The smallest absolute Gasteiger partial charge is 0.251 e. The van der Waals surface area contributed by atoms with Crippen LogP contribution in [-0.2, 0) is 6.54 Å². The van der Waals surface area contributed by atoms with Gasteiger partial charge in [0.05, 0.1) is 0 Å². The molecular formula is C17H29N3O. The van der Waals surface area contributed by atoms with E-state index in [2.05, 4.69) is 43.2 Å². The SMILES string of the molecule is CCNCCNC(=O)c1ccc(CN(CC)C(C)C)cc1. The van der Waals surface area contributed by atoms with Gasteiger partial charge in [0, 0.05) is 31.2 Å². The normalized spacial score (nSPS) is 11.1. The van der Waals surface area contributed by atoms with Crippen LogP contribution < -0.4 is 10.6 Å². The first kappa shape index (κ1) is 17.7. The lowest BCUT2D eigenvalue weighted by Gasteiger charge is -2.24. The molecular weight excluding hydrogens is 262 g/mol. The number of rotatable bonds is 9. The Balaban J connectivity index is 2.51. The van der Waals surface area contributed by atoms with Gasteiger partial charge in [0.25, 0.3) is 5.91 Å². The third-order valence-corrected chi connectivity index (χ3v) is 3.58. The molecule has 0 saturated carbocycles. The van der Waals surface area contributed by atoms with E-state index in [1.165, 1.54) is 5.56 Å². The van der Waals surface area contributed by atoms with Crippen molar-refractivity contribution in [2.75, 3.05) is 26.2 Å². The fourth-order valence-electron chi connectivity index (χ4n) is 2.20. The van der Waals surface area contributed by atoms with Gasteiger partial charge >= 0.3 is 0 Å². The molecule has 0 heterocycles. The summed E-state index contributed by atoms with van der Waals surface area (Å²) in [6.45, 7) is 13.0. The Bertz CT molecular complexity index is 415. The molecule has 0 fully saturated rings. The molecule has 4 heteroatoms. The largest absolute Gasteiger partial charge is 0.351 e. The summed E-state index contributed by atoms with van der Waals surface area (Å²) in [7, 11) is 0. The molecule has 0 aliphatic rings. The van der Waals surface area contributed by atoms with Crippen molar-refractivity contribution < 1.29 is 4.79 Å². The fraction of sp³-hybridized carbons (Fsp3) is 0.588. The summed E-state index contributed by atoms with van der Waals surface area (Å²) in [5.74, 6) is -0.00402. The van der Waals surface area contributed by atoms with Crippen molar-refractivity contribution in [1.82, 2.24) is 15.5 Å². The van der Waals surface area contributed by atoms with Gasteiger partial charge in [0.1, 0.15) is 0 Å². The summed E-state index contributed by atoms with van der Waals surface area (Å²) >= 11 is 0. The molecule has 0 saturated heterocycles. The molecule has 0 bridgehead atoms. The maximum absolute atomic E-state index is 12.0. The fourth-order valence-corrected chi connectivity index (χ4v) is 2.20. The highest BCUT2D eigenvalue weighted by molar-refractivity contribution is 5.94. The first-order chi connectivity index (χ1) is 10.1. The van der Waals surface area contributed by atoms with Crippen molar-refractivity contribution in [2.45, 2.75) is 40.3 Å². The van der Waals surface area contributed by atoms with Crippen molar-refractivity contribution in [3.8, 4) is 0 Å². The van der Waals surface area contributed by atoms with Crippen LogP contribution in [0.25, 0.3) is 0 Å². The van der Waals surface area contributed by atoms with Gasteiger partial charge in [-0.25, -0.2) is 0 Å².